The zero-order chi connectivity index (χ0) is 19.3. The maximum Gasteiger partial charge on any atom is 0.313 e. The molecule has 1 fully saturated rings. The van der Waals surface area contributed by atoms with Crippen LogP contribution in [0.2, 0.25) is 0 Å². The molecule has 1 aromatic heterocycles. The molecule has 1 unspecified atom stereocenters. The Balaban J connectivity index is 1.35. The second kappa shape index (κ2) is 8.59. The van der Waals surface area contributed by atoms with Gasteiger partial charge in [-0.1, -0.05) is 6.07 Å². The molecule has 9 heteroatoms. The predicted molar refractivity (Wildman–Crippen MR) is 104 cm³/mol. The van der Waals surface area contributed by atoms with Gasteiger partial charge in [0.25, 0.3) is 0 Å². The number of carbonyl (C=O) groups is 2. The highest BCUT2D eigenvalue weighted by Crippen LogP contribution is 2.34. The molecule has 2 aliphatic heterocycles. The normalized spacial score (nSPS) is 17.1. The minimum atomic E-state index is -0.717. The number of hydrogen-bond acceptors (Lipinski definition) is 7. The maximum absolute atomic E-state index is 12.3. The Morgan fingerprint density at radius 1 is 1.11 bits per heavy atom. The van der Waals surface area contributed by atoms with Crippen LogP contribution in [-0.2, 0) is 14.3 Å². The van der Waals surface area contributed by atoms with E-state index >= 15 is 0 Å². The molecule has 2 aromatic rings. The van der Waals surface area contributed by atoms with Crippen molar-refractivity contribution in [3.8, 4) is 11.5 Å². The van der Waals surface area contributed by atoms with Crippen molar-refractivity contribution < 1.29 is 23.8 Å². The van der Waals surface area contributed by atoms with E-state index in [4.69, 9.17) is 14.2 Å². The van der Waals surface area contributed by atoms with Crippen LogP contribution in [0.25, 0.3) is 0 Å². The molecule has 0 saturated carbocycles. The Labute approximate surface area is 166 Å². The Morgan fingerprint density at radius 2 is 1.93 bits per heavy atom. The fourth-order valence-corrected chi connectivity index (χ4v) is 4.07. The molecule has 1 saturated heterocycles. The average Bonchev–Trinajstić information content (AvgIpc) is 3.40. The first-order valence-corrected chi connectivity index (χ1v) is 9.93. The van der Waals surface area contributed by atoms with Gasteiger partial charge in [-0.05, 0) is 23.6 Å². The van der Waals surface area contributed by atoms with Crippen molar-refractivity contribution in [3.05, 3.63) is 40.6 Å². The van der Waals surface area contributed by atoms with Crippen molar-refractivity contribution in [2.45, 2.75) is 6.04 Å². The molecule has 148 valence electrons. The van der Waals surface area contributed by atoms with Crippen molar-refractivity contribution in [1.82, 2.24) is 10.2 Å². The Bertz CT molecular complexity index is 836. The first-order valence-electron chi connectivity index (χ1n) is 9.05. The van der Waals surface area contributed by atoms with E-state index in [1.54, 1.807) is 29.5 Å². The second-order valence-corrected chi connectivity index (χ2v) is 7.39. The van der Waals surface area contributed by atoms with Gasteiger partial charge in [-0.3, -0.25) is 14.5 Å². The van der Waals surface area contributed by atoms with E-state index in [9.17, 15) is 9.59 Å². The lowest BCUT2D eigenvalue weighted by Gasteiger charge is -2.34. The summed E-state index contributed by atoms with van der Waals surface area (Å²) in [5, 5.41) is 7.36. The third-order valence-corrected chi connectivity index (χ3v) is 5.62. The van der Waals surface area contributed by atoms with Crippen molar-refractivity contribution in [3.63, 3.8) is 0 Å². The molecule has 2 amide bonds. The van der Waals surface area contributed by atoms with Crippen molar-refractivity contribution in [2.75, 3.05) is 45.0 Å². The fraction of sp³-hybridized carbons (Fsp3) is 0.368. The third-order valence-electron chi connectivity index (χ3n) is 4.65. The summed E-state index contributed by atoms with van der Waals surface area (Å²) in [7, 11) is 0. The van der Waals surface area contributed by atoms with Gasteiger partial charge < -0.3 is 24.8 Å². The molecular formula is C19H21N3O5S. The van der Waals surface area contributed by atoms with E-state index in [-0.39, 0.29) is 12.8 Å². The van der Waals surface area contributed by atoms with Gasteiger partial charge in [0, 0.05) is 36.3 Å². The lowest BCUT2D eigenvalue weighted by molar-refractivity contribution is -0.136. The van der Waals surface area contributed by atoms with E-state index in [1.165, 1.54) is 0 Å². The number of hydrogen-bond donors (Lipinski definition) is 2. The van der Waals surface area contributed by atoms with Gasteiger partial charge in [0.15, 0.2) is 11.5 Å². The van der Waals surface area contributed by atoms with Crippen LogP contribution < -0.4 is 20.1 Å². The summed E-state index contributed by atoms with van der Waals surface area (Å²) in [6, 6.07) is 9.05. The molecule has 28 heavy (non-hydrogen) atoms. The van der Waals surface area contributed by atoms with E-state index in [0.717, 1.165) is 18.0 Å². The first-order chi connectivity index (χ1) is 13.7. The summed E-state index contributed by atoms with van der Waals surface area (Å²) in [4.78, 5) is 28.0. The highest BCUT2D eigenvalue weighted by Gasteiger charge is 2.25. The summed E-state index contributed by atoms with van der Waals surface area (Å²) in [6.45, 7) is 3.43. The van der Waals surface area contributed by atoms with Crippen molar-refractivity contribution in [2.24, 2.45) is 0 Å². The fourth-order valence-electron chi connectivity index (χ4n) is 3.21. The van der Waals surface area contributed by atoms with Crippen LogP contribution in [0, 0.1) is 0 Å². The Kier molecular flexibility index (Phi) is 5.75. The van der Waals surface area contributed by atoms with Crippen LogP contribution in [0.5, 0.6) is 11.5 Å². The van der Waals surface area contributed by atoms with Gasteiger partial charge in [0.05, 0.1) is 19.3 Å². The minimum absolute atomic E-state index is 0.0196. The van der Waals surface area contributed by atoms with E-state index in [1.807, 2.05) is 17.5 Å². The molecule has 4 rings (SSSR count). The Hall–Kier alpha value is -2.62. The number of ether oxygens (including phenoxy) is 3. The van der Waals surface area contributed by atoms with Crippen LogP contribution in [0.15, 0.2) is 35.7 Å². The summed E-state index contributed by atoms with van der Waals surface area (Å²) in [5.41, 5.74) is 0.479. The molecule has 8 nitrogen and oxygen atoms in total. The SMILES string of the molecule is O=C(NCC(c1cccs1)N1CCOCC1)C(=O)Nc1ccc2c(c1)OCO2. The number of fused-ring (bicyclic) bond motifs is 1. The zero-order valence-electron chi connectivity index (χ0n) is 15.2. The molecular weight excluding hydrogens is 382 g/mol. The largest absolute Gasteiger partial charge is 0.454 e. The van der Waals surface area contributed by atoms with Gasteiger partial charge in [-0.15, -0.1) is 11.3 Å². The molecule has 2 aliphatic rings. The number of anilines is 1. The van der Waals surface area contributed by atoms with Gasteiger partial charge in [-0.25, -0.2) is 0 Å². The summed E-state index contributed by atoms with van der Waals surface area (Å²) in [5.74, 6) is -0.228. The molecule has 0 bridgehead atoms. The maximum atomic E-state index is 12.3. The first kappa shape index (κ1) is 18.7. The van der Waals surface area contributed by atoms with Crippen LogP contribution in [0.1, 0.15) is 10.9 Å². The van der Waals surface area contributed by atoms with Crippen LogP contribution in [0.4, 0.5) is 5.69 Å². The summed E-state index contributed by atoms with van der Waals surface area (Å²) >= 11 is 1.64. The van der Waals surface area contributed by atoms with E-state index in [2.05, 4.69) is 15.5 Å². The molecule has 3 heterocycles. The molecule has 0 aliphatic carbocycles. The second-order valence-electron chi connectivity index (χ2n) is 6.41. The van der Waals surface area contributed by atoms with Crippen LogP contribution in [0.3, 0.4) is 0 Å². The lowest BCUT2D eigenvalue weighted by atomic mass is 10.2. The summed E-state index contributed by atoms with van der Waals surface area (Å²) in [6.07, 6.45) is 0. The molecule has 1 aromatic carbocycles. The molecule has 0 spiro atoms. The third kappa shape index (κ3) is 4.27. The van der Waals surface area contributed by atoms with Gasteiger partial charge in [0.2, 0.25) is 6.79 Å². The Morgan fingerprint density at radius 3 is 2.71 bits per heavy atom. The number of nitrogens with one attached hydrogen (secondary N) is 2. The number of rotatable bonds is 5. The lowest BCUT2D eigenvalue weighted by Crippen LogP contribution is -2.45. The smallest absolute Gasteiger partial charge is 0.313 e. The molecule has 2 N–H and O–H groups in total. The molecule has 0 radical (unpaired) electrons. The van der Waals surface area contributed by atoms with Crippen molar-refractivity contribution in [1.29, 1.82) is 0 Å². The number of thiophene rings is 1. The standard InChI is InChI=1S/C19H21N3O5S/c23-18(19(24)21-13-3-4-15-16(10-13)27-12-26-15)20-11-14(17-2-1-9-28-17)22-5-7-25-8-6-22/h1-4,9-10,14H,5-8,11-12H2,(H,20,23)(H,21,24). The van der Waals surface area contributed by atoms with Gasteiger partial charge in [-0.2, -0.15) is 0 Å². The van der Waals surface area contributed by atoms with Crippen molar-refractivity contribution >= 4 is 28.8 Å². The van der Waals surface area contributed by atoms with Gasteiger partial charge >= 0.3 is 11.8 Å². The average molecular weight is 403 g/mol. The minimum Gasteiger partial charge on any atom is -0.454 e. The monoisotopic (exact) mass is 403 g/mol. The summed E-state index contributed by atoms with van der Waals surface area (Å²) < 4.78 is 15.9. The molecule has 1 atom stereocenters. The number of morpholine rings is 1. The number of carbonyl (C=O) groups excluding carboxylic acids is 2. The topological polar surface area (TPSA) is 89.1 Å². The van der Waals surface area contributed by atoms with E-state index in [0.29, 0.717) is 36.9 Å². The highest BCUT2D eigenvalue weighted by atomic mass is 32.1. The number of benzene rings is 1. The van der Waals surface area contributed by atoms with Crippen LogP contribution in [-0.4, -0.2) is 56.4 Å². The number of nitrogens with zero attached hydrogens (tertiary/aromatic N) is 1. The zero-order valence-corrected chi connectivity index (χ0v) is 16.0. The number of amides is 2. The van der Waals surface area contributed by atoms with E-state index < -0.39 is 11.8 Å². The van der Waals surface area contributed by atoms with Crippen LogP contribution >= 0.6 is 11.3 Å². The quantitative estimate of drug-likeness (QED) is 0.738. The predicted octanol–water partition coefficient (Wildman–Crippen LogP) is 1.60. The van der Waals surface area contributed by atoms with Gasteiger partial charge in [0.1, 0.15) is 0 Å². The highest BCUT2D eigenvalue weighted by molar-refractivity contribution is 7.10.